The van der Waals surface area contributed by atoms with Crippen LogP contribution in [0.1, 0.15) is 17.4 Å². The van der Waals surface area contributed by atoms with Gasteiger partial charge in [-0.15, -0.1) is 10.2 Å². The van der Waals surface area contributed by atoms with Gasteiger partial charge in [-0.3, -0.25) is 4.98 Å². The van der Waals surface area contributed by atoms with Crippen LogP contribution in [-0.2, 0) is 4.74 Å². The molecule has 5 rings (SSSR count). The van der Waals surface area contributed by atoms with Crippen molar-refractivity contribution in [2.75, 3.05) is 13.7 Å². The molecule has 10 heteroatoms. The van der Waals surface area contributed by atoms with Gasteiger partial charge in [0.15, 0.2) is 11.3 Å². The number of pyridine rings is 2. The second-order valence-electron chi connectivity index (χ2n) is 7.41. The van der Waals surface area contributed by atoms with E-state index in [9.17, 15) is 4.79 Å². The number of esters is 1. The van der Waals surface area contributed by atoms with E-state index in [1.807, 2.05) is 42.5 Å². The van der Waals surface area contributed by atoms with Gasteiger partial charge in [0, 0.05) is 29.7 Å². The van der Waals surface area contributed by atoms with Gasteiger partial charge in [-0.25, -0.2) is 14.3 Å². The van der Waals surface area contributed by atoms with E-state index in [4.69, 9.17) is 14.6 Å². The second kappa shape index (κ2) is 9.59. The molecule has 4 heterocycles. The number of halogens is 1. The fraction of sp³-hybridized carbons (Fsp3) is 0.120. The zero-order valence-electron chi connectivity index (χ0n) is 18.8. The molecule has 0 bridgehead atoms. The van der Waals surface area contributed by atoms with E-state index in [1.54, 1.807) is 43.2 Å². The summed E-state index contributed by atoms with van der Waals surface area (Å²) in [6.45, 7) is 1.94. The molecule has 0 unspecified atom stereocenters. The first-order valence-electron chi connectivity index (χ1n) is 10.7. The Labute approximate surface area is 208 Å². The lowest BCUT2D eigenvalue weighted by Gasteiger charge is -2.10. The molecule has 4 aromatic heterocycles. The standard InChI is InChI=1S/C25H19BrN6O3/c1-3-35-25(33)22-23(17-7-8-19(26)28-14-17)32-24(30-29-22)20(16-5-4-6-18(13-16)34-2)21(31-32)15-9-11-27-12-10-15/h4-14H,3H2,1-2H3. The van der Waals surface area contributed by atoms with E-state index in [1.165, 1.54) is 0 Å². The van der Waals surface area contributed by atoms with E-state index in [2.05, 4.69) is 36.1 Å². The Morgan fingerprint density at radius 3 is 2.57 bits per heavy atom. The van der Waals surface area contributed by atoms with Crippen molar-refractivity contribution in [2.24, 2.45) is 0 Å². The van der Waals surface area contributed by atoms with Crippen LogP contribution in [0.15, 0.2) is 71.7 Å². The third-order valence-corrected chi connectivity index (χ3v) is 5.79. The molecule has 1 aromatic carbocycles. The SMILES string of the molecule is CCOC(=O)c1nnc2c(-c3cccc(OC)c3)c(-c3ccncc3)nn2c1-c1ccc(Br)nc1. The first-order chi connectivity index (χ1) is 17.1. The van der Waals surface area contributed by atoms with Crippen molar-refractivity contribution in [1.29, 1.82) is 0 Å². The average molecular weight is 531 g/mol. The van der Waals surface area contributed by atoms with Crippen molar-refractivity contribution >= 4 is 27.5 Å². The van der Waals surface area contributed by atoms with Crippen molar-refractivity contribution in [3.63, 3.8) is 0 Å². The van der Waals surface area contributed by atoms with Crippen molar-refractivity contribution < 1.29 is 14.3 Å². The summed E-state index contributed by atoms with van der Waals surface area (Å²) in [4.78, 5) is 21.3. The van der Waals surface area contributed by atoms with Gasteiger partial charge in [-0.2, -0.15) is 5.10 Å². The Morgan fingerprint density at radius 2 is 1.86 bits per heavy atom. The fourth-order valence-corrected chi connectivity index (χ4v) is 4.01. The summed E-state index contributed by atoms with van der Waals surface area (Å²) >= 11 is 3.36. The number of benzene rings is 1. The van der Waals surface area contributed by atoms with Crippen LogP contribution >= 0.6 is 15.9 Å². The van der Waals surface area contributed by atoms with Crippen LogP contribution in [0.3, 0.4) is 0 Å². The highest BCUT2D eigenvalue weighted by Crippen LogP contribution is 2.37. The fourth-order valence-electron chi connectivity index (χ4n) is 3.77. The van der Waals surface area contributed by atoms with Gasteiger partial charge in [0.05, 0.1) is 19.3 Å². The number of fused-ring (bicyclic) bond motifs is 1. The smallest absolute Gasteiger partial charge is 0.361 e. The van der Waals surface area contributed by atoms with Crippen LogP contribution < -0.4 is 4.74 Å². The van der Waals surface area contributed by atoms with Gasteiger partial charge in [0.25, 0.3) is 0 Å². The van der Waals surface area contributed by atoms with Crippen LogP contribution in [0, 0.1) is 0 Å². The number of carbonyl (C=O) groups excluding carboxylic acids is 1. The zero-order chi connectivity index (χ0) is 24.4. The molecule has 174 valence electrons. The molecule has 0 aliphatic rings. The number of aromatic nitrogens is 6. The zero-order valence-corrected chi connectivity index (χ0v) is 20.4. The van der Waals surface area contributed by atoms with Crippen LogP contribution in [0.2, 0.25) is 0 Å². The van der Waals surface area contributed by atoms with Crippen LogP contribution in [0.5, 0.6) is 5.75 Å². The quantitative estimate of drug-likeness (QED) is 0.226. The van der Waals surface area contributed by atoms with E-state index in [0.717, 1.165) is 16.7 Å². The molecule has 0 N–H and O–H groups in total. The Bertz CT molecular complexity index is 1520. The normalized spacial score (nSPS) is 10.9. The molecular formula is C25H19BrN6O3. The third-order valence-electron chi connectivity index (χ3n) is 5.32. The molecule has 0 saturated heterocycles. The highest BCUT2D eigenvalue weighted by Gasteiger charge is 2.26. The predicted molar refractivity (Wildman–Crippen MR) is 133 cm³/mol. The number of nitrogens with zero attached hydrogens (tertiary/aromatic N) is 6. The van der Waals surface area contributed by atoms with Crippen LogP contribution in [0.25, 0.3) is 39.3 Å². The number of hydrogen-bond donors (Lipinski definition) is 0. The molecule has 0 amide bonds. The maximum atomic E-state index is 12.8. The molecule has 5 aromatic rings. The van der Waals surface area contributed by atoms with Crippen molar-refractivity contribution in [3.8, 4) is 39.4 Å². The Morgan fingerprint density at radius 1 is 1.03 bits per heavy atom. The lowest BCUT2D eigenvalue weighted by Crippen LogP contribution is -2.14. The molecule has 0 spiro atoms. The summed E-state index contributed by atoms with van der Waals surface area (Å²) in [6, 6.07) is 15.0. The van der Waals surface area contributed by atoms with Crippen molar-refractivity contribution in [2.45, 2.75) is 6.92 Å². The summed E-state index contributed by atoms with van der Waals surface area (Å²) < 4.78 is 13.0. The van der Waals surface area contributed by atoms with E-state index in [-0.39, 0.29) is 12.3 Å². The van der Waals surface area contributed by atoms with E-state index >= 15 is 0 Å². The Kier molecular flexibility index (Phi) is 6.19. The van der Waals surface area contributed by atoms with E-state index < -0.39 is 5.97 Å². The maximum Gasteiger partial charge on any atom is 0.361 e. The molecule has 0 atom stereocenters. The summed E-state index contributed by atoms with van der Waals surface area (Å²) in [5, 5.41) is 13.6. The minimum absolute atomic E-state index is 0.0458. The molecule has 0 radical (unpaired) electrons. The minimum Gasteiger partial charge on any atom is -0.497 e. The predicted octanol–water partition coefficient (Wildman–Crippen LogP) is 4.86. The van der Waals surface area contributed by atoms with Gasteiger partial charge in [0.2, 0.25) is 0 Å². The molecule has 35 heavy (non-hydrogen) atoms. The van der Waals surface area contributed by atoms with Gasteiger partial charge < -0.3 is 9.47 Å². The largest absolute Gasteiger partial charge is 0.497 e. The second-order valence-corrected chi connectivity index (χ2v) is 8.23. The Balaban J connectivity index is 1.88. The molecule has 0 aliphatic heterocycles. The first-order valence-corrected chi connectivity index (χ1v) is 11.5. The summed E-state index contributed by atoms with van der Waals surface area (Å²) in [6.07, 6.45) is 5.04. The van der Waals surface area contributed by atoms with Gasteiger partial charge in [0.1, 0.15) is 21.7 Å². The molecular weight excluding hydrogens is 512 g/mol. The number of rotatable bonds is 6. The van der Waals surface area contributed by atoms with Crippen LogP contribution in [0.4, 0.5) is 0 Å². The summed E-state index contributed by atoms with van der Waals surface area (Å²) in [5.41, 5.74) is 4.65. The average Bonchev–Trinajstić information content (AvgIpc) is 3.29. The highest BCUT2D eigenvalue weighted by molar-refractivity contribution is 9.10. The number of carbonyl (C=O) groups is 1. The maximum absolute atomic E-state index is 12.8. The molecule has 0 aliphatic carbocycles. The van der Waals surface area contributed by atoms with Gasteiger partial charge >= 0.3 is 5.97 Å². The lowest BCUT2D eigenvalue weighted by molar-refractivity contribution is 0.0518. The number of ether oxygens (including phenoxy) is 2. The Hall–Kier alpha value is -4.18. The number of hydrogen-bond acceptors (Lipinski definition) is 8. The molecule has 0 saturated carbocycles. The van der Waals surface area contributed by atoms with Crippen LogP contribution in [-0.4, -0.2) is 49.5 Å². The highest BCUT2D eigenvalue weighted by atomic mass is 79.9. The summed E-state index contributed by atoms with van der Waals surface area (Å²) in [7, 11) is 1.61. The van der Waals surface area contributed by atoms with Gasteiger partial charge in [-0.05, 0) is 64.8 Å². The minimum atomic E-state index is -0.594. The van der Waals surface area contributed by atoms with Gasteiger partial charge in [-0.1, -0.05) is 12.1 Å². The summed E-state index contributed by atoms with van der Waals surface area (Å²) in [5.74, 6) is 0.0969. The van der Waals surface area contributed by atoms with Crippen molar-refractivity contribution in [3.05, 3.63) is 77.4 Å². The number of methoxy groups -OCH3 is 1. The third kappa shape index (κ3) is 4.24. The van der Waals surface area contributed by atoms with E-state index in [0.29, 0.717) is 33.0 Å². The molecule has 0 fully saturated rings. The lowest BCUT2D eigenvalue weighted by atomic mass is 10.0. The molecule has 9 nitrogen and oxygen atoms in total. The first kappa shape index (κ1) is 22.6. The van der Waals surface area contributed by atoms with Crippen molar-refractivity contribution in [1.82, 2.24) is 29.8 Å². The topological polar surface area (TPSA) is 104 Å². The monoisotopic (exact) mass is 530 g/mol.